The van der Waals surface area contributed by atoms with Crippen LogP contribution in [0.25, 0.3) is 0 Å². The fraction of sp³-hybridized carbons (Fsp3) is 0.556. The average Bonchev–Trinajstić information content (AvgIpc) is 2.35. The third kappa shape index (κ3) is 3.70. The molecule has 1 nitrogen and oxygen atoms in total. The molecule has 0 aromatic carbocycles. The third-order valence-corrected chi connectivity index (χ3v) is 2.99. The number of ether oxygens (including phenoxy) is 1. The van der Waals surface area contributed by atoms with Crippen LogP contribution in [0.5, 0.6) is 0 Å². The molecule has 3 heteroatoms. The van der Waals surface area contributed by atoms with Crippen molar-refractivity contribution in [3.63, 3.8) is 0 Å². The molecule has 0 aliphatic heterocycles. The van der Waals surface area contributed by atoms with Gasteiger partial charge >= 0.3 is 0 Å². The first kappa shape index (κ1) is 10.2. The summed E-state index contributed by atoms with van der Waals surface area (Å²) < 4.78 is 6.63. The fourth-order valence-electron chi connectivity index (χ4n) is 0.825. The zero-order valence-corrected chi connectivity index (χ0v) is 9.74. The summed E-state index contributed by atoms with van der Waals surface area (Å²) >= 11 is 5.14. The van der Waals surface area contributed by atoms with Gasteiger partial charge in [-0.2, -0.15) is 0 Å². The molecule has 0 saturated heterocycles. The standard InChI is InChI=1S/C9H13BrOS/c1-7(2)4-11-5-9-3-8(10)6-12-9/h3,6-7H,4-5H2,1-2H3. The third-order valence-electron chi connectivity index (χ3n) is 1.32. The minimum atomic E-state index is 0.619. The smallest absolute Gasteiger partial charge is 0.0809 e. The molecule has 68 valence electrons. The van der Waals surface area contributed by atoms with Crippen LogP contribution in [-0.4, -0.2) is 6.61 Å². The van der Waals surface area contributed by atoms with E-state index in [4.69, 9.17) is 4.74 Å². The van der Waals surface area contributed by atoms with E-state index in [2.05, 4.69) is 41.2 Å². The molecule has 0 spiro atoms. The Morgan fingerprint density at radius 2 is 2.33 bits per heavy atom. The Kier molecular flexibility index (Phi) is 4.26. The quantitative estimate of drug-likeness (QED) is 0.790. The minimum Gasteiger partial charge on any atom is -0.376 e. The van der Waals surface area contributed by atoms with E-state index in [0.717, 1.165) is 17.7 Å². The Morgan fingerprint density at radius 1 is 1.58 bits per heavy atom. The van der Waals surface area contributed by atoms with Gasteiger partial charge in [0.05, 0.1) is 6.61 Å². The van der Waals surface area contributed by atoms with Crippen LogP contribution < -0.4 is 0 Å². The van der Waals surface area contributed by atoms with Crippen LogP contribution in [0.1, 0.15) is 18.7 Å². The first-order valence-corrected chi connectivity index (χ1v) is 5.66. The van der Waals surface area contributed by atoms with E-state index < -0.39 is 0 Å². The molecule has 1 rings (SSSR count). The van der Waals surface area contributed by atoms with Crippen molar-refractivity contribution >= 4 is 27.3 Å². The molecule has 12 heavy (non-hydrogen) atoms. The van der Waals surface area contributed by atoms with Crippen LogP contribution in [0.3, 0.4) is 0 Å². The van der Waals surface area contributed by atoms with Crippen LogP contribution in [0.15, 0.2) is 15.9 Å². The molecule has 0 radical (unpaired) electrons. The second-order valence-corrected chi connectivity index (χ2v) is 5.05. The summed E-state index contributed by atoms with van der Waals surface area (Å²) in [6.45, 7) is 5.90. The molecule has 1 aromatic rings. The Labute approximate surface area is 85.9 Å². The molecule has 0 unspecified atom stereocenters. The normalized spacial score (nSPS) is 11.0. The van der Waals surface area contributed by atoms with Crippen molar-refractivity contribution in [1.29, 1.82) is 0 Å². The molecule has 1 aromatic heterocycles. The Morgan fingerprint density at radius 3 is 2.83 bits per heavy atom. The van der Waals surface area contributed by atoms with Gasteiger partial charge in [0.25, 0.3) is 0 Å². The van der Waals surface area contributed by atoms with Gasteiger partial charge in [-0.1, -0.05) is 13.8 Å². The van der Waals surface area contributed by atoms with Gasteiger partial charge in [-0.05, 0) is 27.9 Å². The lowest BCUT2D eigenvalue weighted by Gasteiger charge is -2.04. The molecule has 0 bridgehead atoms. The highest BCUT2D eigenvalue weighted by Gasteiger charge is 1.98. The van der Waals surface area contributed by atoms with Gasteiger partial charge in [0.15, 0.2) is 0 Å². The summed E-state index contributed by atoms with van der Waals surface area (Å²) in [5.74, 6) is 0.619. The van der Waals surface area contributed by atoms with E-state index in [1.807, 2.05) is 0 Å². The highest BCUT2D eigenvalue weighted by molar-refractivity contribution is 9.10. The SMILES string of the molecule is CC(C)COCc1cc(Br)cs1. The lowest BCUT2D eigenvalue weighted by Crippen LogP contribution is -2.00. The zero-order valence-electron chi connectivity index (χ0n) is 7.34. The molecule has 0 amide bonds. The lowest BCUT2D eigenvalue weighted by molar-refractivity contribution is 0.0989. The van der Waals surface area contributed by atoms with E-state index >= 15 is 0 Å². The second-order valence-electron chi connectivity index (χ2n) is 3.14. The maximum absolute atomic E-state index is 5.48. The summed E-state index contributed by atoms with van der Waals surface area (Å²) in [6.07, 6.45) is 0. The lowest BCUT2D eigenvalue weighted by atomic mass is 10.2. The molecule has 1 heterocycles. The van der Waals surface area contributed by atoms with Crippen LogP contribution in [0, 0.1) is 5.92 Å². The van der Waals surface area contributed by atoms with E-state index in [9.17, 15) is 0 Å². The molecular weight excluding hydrogens is 236 g/mol. The van der Waals surface area contributed by atoms with Gasteiger partial charge in [-0.25, -0.2) is 0 Å². The first-order valence-electron chi connectivity index (χ1n) is 3.99. The summed E-state index contributed by atoms with van der Waals surface area (Å²) in [5.41, 5.74) is 0. The molecule has 0 saturated carbocycles. The molecule has 0 atom stereocenters. The number of thiophene rings is 1. The van der Waals surface area contributed by atoms with Crippen molar-refractivity contribution in [2.75, 3.05) is 6.61 Å². The minimum absolute atomic E-state index is 0.619. The number of hydrogen-bond donors (Lipinski definition) is 0. The summed E-state index contributed by atoms with van der Waals surface area (Å²) in [6, 6.07) is 2.10. The van der Waals surface area contributed by atoms with Crippen molar-refractivity contribution in [1.82, 2.24) is 0 Å². The largest absolute Gasteiger partial charge is 0.376 e. The molecule has 0 aliphatic rings. The Hall–Kier alpha value is 0.140. The van der Waals surface area contributed by atoms with Crippen LogP contribution in [0.2, 0.25) is 0 Å². The highest BCUT2D eigenvalue weighted by atomic mass is 79.9. The summed E-state index contributed by atoms with van der Waals surface area (Å²) in [5, 5.41) is 2.08. The highest BCUT2D eigenvalue weighted by Crippen LogP contribution is 2.20. The molecule has 0 N–H and O–H groups in total. The maximum Gasteiger partial charge on any atom is 0.0809 e. The monoisotopic (exact) mass is 248 g/mol. The van der Waals surface area contributed by atoms with Crippen LogP contribution in [-0.2, 0) is 11.3 Å². The number of rotatable bonds is 4. The topological polar surface area (TPSA) is 9.23 Å². The van der Waals surface area contributed by atoms with Gasteiger partial charge in [0.1, 0.15) is 0 Å². The number of halogens is 1. The fourth-order valence-corrected chi connectivity index (χ4v) is 2.21. The van der Waals surface area contributed by atoms with Gasteiger partial charge in [-0.15, -0.1) is 11.3 Å². The number of hydrogen-bond acceptors (Lipinski definition) is 2. The Bertz CT molecular complexity index is 232. The predicted octanol–water partition coefficient (Wildman–Crippen LogP) is 3.68. The van der Waals surface area contributed by atoms with Crippen molar-refractivity contribution in [3.05, 3.63) is 20.8 Å². The van der Waals surface area contributed by atoms with Gasteiger partial charge in [0.2, 0.25) is 0 Å². The van der Waals surface area contributed by atoms with Crippen molar-refractivity contribution in [2.45, 2.75) is 20.5 Å². The van der Waals surface area contributed by atoms with Crippen molar-refractivity contribution in [3.8, 4) is 0 Å². The van der Waals surface area contributed by atoms with E-state index in [1.165, 1.54) is 4.88 Å². The van der Waals surface area contributed by atoms with Crippen molar-refractivity contribution in [2.24, 2.45) is 5.92 Å². The molecular formula is C9H13BrOS. The Balaban J connectivity index is 2.24. The molecule has 0 aliphatic carbocycles. The first-order chi connectivity index (χ1) is 5.68. The van der Waals surface area contributed by atoms with Gasteiger partial charge < -0.3 is 4.74 Å². The summed E-state index contributed by atoms with van der Waals surface area (Å²) in [4.78, 5) is 1.28. The van der Waals surface area contributed by atoms with Crippen LogP contribution in [0.4, 0.5) is 0 Å². The van der Waals surface area contributed by atoms with E-state index in [-0.39, 0.29) is 0 Å². The van der Waals surface area contributed by atoms with Gasteiger partial charge in [-0.3, -0.25) is 0 Å². The average molecular weight is 249 g/mol. The van der Waals surface area contributed by atoms with Crippen LogP contribution >= 0.6 is 27.3 Å². The summed E-state index contributed by atoms with van der Waals surface area (Å²) in [7, 11) is 0. The van der Waals surface area contributed by atoms with E-state index in [0.29, 0.717) is 5.92 Å². The predicted molar refractivity (Wildman–Crippen MR) is 56.5 cm³/mol. The second kappa shape index (κ2) is 5.00. The maximum atomic E-state index is 5.48. The zero-order chi connectivity index (χ0) is 8.97. The van der Waals surface area contributed by atoms with Gasteiger partial charge in [0, 0.05) is 21.3 Å². The van der Waals surface area contributed by atoms with E-state index in [1.54, 1.807) is 11.3 Å². The molecule has 0 fully saturated rings. The van der Waals surface area contributed by atoms with Crippen molar-refractivity contribution < 1.29 is 4.74 Å².